The van der Waals surface area contributed by atoms with E-state index in [-0.39, 0.29) is 11.3 Å². The molecule has 15 heavy (non-hydrogen) atoms. The highest BCUT2D eigenvalue weighted by Gasteiger charge is 2.38. The Morgan fingerprint density at radius 3 is 2.73 bits per heavy atom. The topological polar surface area (TPSA) is 17.1 Å². The molecule has 0 spiro atoms. The van der Waals surface area contributed by atoms with E-state index in [0.717, 1.165) is 18.6 Å². The summed E-state index contributed by atoms with van der Waals surface area (Å²) in [6.45, 7) is 6.56. The molecule has 86 valence electrons. The van der Waals surface area contributed by atoms with Crippen LogP contribution in [0.2, 0.25) is 0 Å². The largest absolute Gasteiger partial charge is 0.299 e. The van der Waals surface area contributed by atoms with Gasteiger partial charge in [0.15, 0.2) is 0 Å². The Bertz CT molecular complexity index is 255. The smallest absolute Gasteiger partial charge is 0.137 e. The van der Waals surface area contributed by atoms with Gasteiger partial charge in [-0.3, -0.25) is 4.79 Å². The Kier molecular flexibility index (Phi) is 4.45. The van der Waals surface area contributed by atoms with Gasteiger partial charge in [0.2, 0.25) is 0 Å². The molecule has 0 aromatic heterocycles. The maximum Gasteiger partial charge on any atom is 0.137 e. The van der Waals surface area contributed by atoms with Gasteiger partial charge in [-0.25, -0.2) is 0 Å². The van der Waals surface area contributed by atoms with Crippen LogP contribution in [0.5, 0.6) is 0 Å². The Balaban J connectivity index is 2.72. The van der Waals surface area contributed by atoms with E-state index in [1.807, 2.05) is 0 Å². The molecule has 0 saturated carbocycles. The van der Waals surface area contributed by atoms with Crippen LogP contribution >= 0.6 is 12.6 Å². The number of allylic oxidation sites excluding steroid dienone is 2. The molecular weight excluding hydrogens is 204 g/mol. The van der Waals surface area contributed by atoms with Crippen LogP contribution in [0.4, 0.5) is 0 Å². The van der Waals surface area contributed by atoms with E-state index >= 15 is 0 Å². The van der Waals surface area contributed by atoms with Gasteiger partial charge < -0.3 is 0 Å². The highest BCUT2D eigenvalue weighted by atomic mass is 32.1. The van der Waals surface area contributed by atoms with Crippen LogP contribution in [0.25, 0.3) is 0 Å². The van der Waals surface area contributed by atoms with Crippen molar-refractivity contribution >= 4 is 18.4 Å². The molecule has 1 nitrogen and oxygen atoms in total. The van der Waals surface area contributed by atoms with Crippen molar-refractivity contribution in [2.75, 3.05) is 5.75 Å². The van der Waals surface area contributed by atoms with Crippen molar-refractivity contribution in [3.63, 3.8) is 0 Å². The molecule has 0 aliphatic heterocycles. The molecule has 0 aromatic carbocycles. The van der Waals surface area contributed by atoms with Gasteiger partial charge in [-0.1, -0.05) is 32.9 Å². The first-order valence-corrected chi connectivity index (χ1v) is 6.42. The van der Waals surface area contributed by atoms with Crippen molar-refractivity contribution < 1.29 is 4.79 Å². The van der Waals surface area contributed by atoms with Crippen molar-refractivity contribution in [1.29, 1.82) is 0 Å². The lowest BCUT2D eigenvalue weighted by Gasteiger charge is -2.38. The lowest BCUT2D eigenvalue weighted by atomic mass is 9.65. The number of Topliss-reactive ketones (excluding diaryl/α,β-unsaturated/α-hetero) is 1. The average molecular weight is 226 g/mol. The van der Waals surface area contributed by atoms with Crippen LogP contribution in [0.15, 0.2) is 12.2 Å². The number of carbonyl (C=O) groups is 1. The molecule has 1 aliphatic rings. The van der Waals surface area contributed by atoms with Crippen LogP contribution in [0.1, 0.15) is 40.0 Å². The number of carbonyl (C=O) groups excluding carboxylic acids is 1. The lowest BCUT2D eigenvalue weighted by molar-refractivity contribution is -0.128. The first kappa shape index (κ1) is 12.8. The highest BCUT2D eigenvalue weighted by molar-refractivity contribution is 7.80. The molecule has 0 saturated heterocycles. The second kappa shape index (κ2) is 5.20. The predicted molar refractivity (Wildman–Crippen MR) is 68.3 cm³/mol. The van der Waals surface area contributed by atoms with Gasteiger partial charge in [-0.2, -0.15) is 12.6 Å². The molecule has 0 radical (unpaired) electrons. The van der Waals surface area contributed by atoms with E-state index in [4.69, 9.17) is 0 Å². The third kappa shape index (κ3) is 3.10. The third-order valence-electron chi connectivity index (χ3n) is 3.38. The third-order valence-corrected chi connectivity index (χ3v) is 3.70. The Morgan fingerprint density at radius 1 is 1.53 bits per heavy atom. The van der Waals surface area contributed by atoms with Crippen LogP contribution in [-0.2, 0) is 4.79 Å². The standard InChI is InChI=1S/C13H22OS/c1-10-6-4-8-13(2,3)12(10)11(14)7-5-9-15/h4,6,10,12,15H,5,7-9H2,1-3H3. The summed E-state index contributed by atoms with van der Waals surface area (Å²) in [5.74, 6) is 1.82. The number of thiol groups is 1. The van der Waals surface area contributed by atoms with Crippen molar-refractivity contribution in [1.82, 2.24) is 0 Å². The van der Waals surface area contributed by atoms with Crippen molar-refractivity contribution in [3.8, 4) is 0 Å². The molecule has 2 heteroatoms. The fourth-order valence-electron chi connectivity index (χ4n) is 2.67. The summed E-state index contributed by atoms with van der Waals surface area (Å²) in [6.07, 6.45) is 7.02. The zero-order chi connectivity index (χ0) is 11.5. The molecule has 0 fully saturated rings. The summed E-state index contributed by atoms with van der Waals surface area (Å²) < 4.78 is 0. The summed E-state index contributed by atoms with van der Waals surface area (Å²) >= 11 is 4.16. The first-order chi connectivity index (χ1) is 6.99. The number of ketones is 1. The van der Waals surface area contributed by atoms with E-state index in [1.165, 1.54) is 0 Å². The zero-order valence-electron chi connectivity index (χ0n) is 9.99. The minimum atomic E-state index is 0.127. The SMILES string of the molecule is CC1C=CCC(C)(C)C1C(=O)CCCS. The Morgan fingerprint density at radius 2 is 2.20 bits per heavy atom. The van der Waals surface area contributed by atoms with E-state index in [2.05, 4.69) is 45.6 Å². The molecule has 0 heterocycles. The highest BCUT2D eigenvalue weighted by Crippen LogP contribution is 2.41. The molecule has 0 bridgehead atoms. The summed E-state index contributed by atoms with van der Waals surface area (Å²) in [7, 11) is 0. The maximum absolute atomic E-state index is 12.1. The quantitative estimate of drug-likeness (QED) is 0.573. The number of hydrogen-bond donors (Lipinski definition) is 1. The molecule has 2 unspecified atom stereocenters. The van der Waals surface area contributed by atoms with Gasteiger partial charge in [0.05, 0.1) is 0 Å². The monoisotopic (exact) mass is 226 g/mol. The molecule has 1 aliphatic carbocycles. The van der Waals surface area contributed by atoms with Crippen molar-refractivity contribution in [2.45, 2.75) is 40.0 Å². The zero-order valence-corrected chi connectivity index (χ0v) is 10.9. The maximum atomic E-state index is 12.1. The van der Waals surface area contributed by atoms with Gasteiger partial charge in [0, 0.05) is 12.3 Å². The lowest BCUT2D eigenvalue weighted by Crippen LogP contribution is -2.37. The number of rotatable bonds is 4. The van der Waals surface area contributed by atoms with Gasteiger partial charge in [0.25, 0.3) is 0 Å². The molecular formula is C13H22OS. The van der Waals surface area contributed by atoms with Crippen LogP contribution in [0.3, 0.4) is 0 Å². The minimum Gasteiger partial charge on any atom is -0.299 e. The van der Waals surface area contributed by atoms with Crippen molar-refractivity contribution in [3.05, 3.63) is 12.2 Å². The number of hydrogen-bond acceptors (Lipinski definition) is 2. The van der Waals surface area contributed by atoms with Crippen LogP contribution in [-0.4, -0.2) is 11.5 Å². The van der Waals surface area contributed by atoms with Gasteiger partial charge in [-0.15, -0.1) is 0 Å². The normalized spacial score (nSPS) is 29.1. The van der Waals surface area contributed by atoms with Crippen LogP contribution in [0, 0.1) is 17.3 Å². The van der Waals surface area contributed by atoms with E-state index in [1.54, 1.807) is 0 Å². The first-order valence-electron chi connectivity index (χ1n) is 5.79. The summed E-state index contributed by atoms with van der Waals surface area (Å²) in [5.41, 5.74) is 0.127. The van der Waals surface area contributed by atoms with E-state index in [9.17, 15) is 4.79 Å². The Labute approximate surface area is 98.7 Å². The molecule has 1 rings (SSSR count). The Hall–Kier alpha value is -0.240. The minimum absolute atomic E-state index is 0.127. The average Bonchev–Trinajstić information content (AvgIpc) is 2.13. The fraction of sp³-hybridized carbons (Fsp3) is 0.769. The van der Waals surface area contributed by atoms with E-state index < -0.39 is 0 Å². The molecule has 2 atom stereocenters. The second-order valence-electron chi connectivity index (χ2n) is 5.25. The molecule has 0 amide bonds. The van der Waals surface area contributed by atoms with E-state index in [0.29, 0.717) is 18.1 Å². The summed E-state index contributed by atoms with van der Waals surface area (Å²) in [5, 5.41) is 0. The second-order valence-corrected chi connectivity index (χ2v) is 5.70. The van der Waals surface area contributed by atoms with Crippen LogP contribution < -0.4 is 0 Å². The van der Waals surface area contributed by atoms with Gasteiger partial charge in [0.1, 0.15) is 5.78 Å². The molecule has 0 N–H and O–H groups in total. The molecule has 0 aromatic rings. The summed E-state index contributed by atoms with van der Waals surface area (Å²) in [6, 6.07) is 0. The summed E-state index contributed by atoms with van der Waals surface area (Å²) in [4.78, 5) is 12.1. The van der Waals surface area contributed by atoms with Crippen molar-refractivity contribution in [2.24, 2.45) is 17.3 Å². The predicted octanol–water partition coefficient (Wildman–Crippen LogP) is 3.50. The van der Waals surface area contributed by atoms with Gasteiger partial charge >= 0.3 is 0 Å². The fourth-order valence-corrected chi connectivity index (χ4v) is 2.83. The van der Waals surface area contributed by atoms with Gasteiger partial charge in [-0.05, 0) is 29.9 Å².